The van der Waals surface area contributed by atoms with E-state index in [-0.39, 0.29) is 22.8 Å². The molecule has 0 amide bonds. The summed E-state index contributed by atoms with van der Waals surface area (Å²) in [6.45, 7) is 3.84. The quantitative estimate of drug-likeness (QED) is 0.791. The van der Waals surface area contributed by atoms with E-state index < -0.39 is 0 Å². The zero-order chi connectivity index (χ0) is 14.0. The number of benzene rings is 2. The standard InChI is InChI=1S/C15H14O4/c1-9(15-11(16)4-3-5-12(15)17)10-6-7-14(19-2)13(18)8-10/h3-8,16-18H,1H2,2H3. The van der Waals surface area contributed by atoms with E-state index in [4.69, 9.17) is 4.74 Å². The van der Waals surface area contributed by atoms with E-state index in [1.165, 1.54) is 31.4 Å². The highest BCUT2D eigenvalue weighted by Gasteiger charge is 2.13. The molecule has 0 aliphatic rings. The summed E-state index contributed by atoms with van der Waals surface area (Å²) in [7, 11) is 1.46. The monoisotopic (exact) mass is 258 g/mol. The topological polar surface area (TPSA) is 69.9 Å². The summed E-state index contributed by atoms with van der Waals surface area (Å²) in [5.74, 6) is 0.176. The van der Waals surface area contributed by atoms with Gasteiger partial charge < -0.3 is 20.1 Å². The largest absolute Gasteiger partial charge is 0.507 e. The van der Waals surface area contributed by atoms with Crippen LogP contribution in [0.15, 0.2) is 43.0 Å². The molecule has 2 aromatic rings. The summed E-state index contributed by atoms with van der Waals surface area (Å²) in [5, 5.41) is 29.3. The van der Waals surface area contributed by atoms with E-state index in [0.717, 1.165) is 0 Å². The first-order valence-electron chi connectivity index (χ1n) is 5.62. The summed E-state index contributed by atoms with van der Waals surface area (Å²) in [6.07, 6.45) is 0. The number of phenols is 3. The Morgan fingerprint density at radius 3 is 2.16 bits per heavy atom. The SMILES string of the molecule is C=C(c1ccc(OC)c(O)c1)c1c(O)cccc1O. The van der Waals surface area contributed by atoms with E-state index in [1.54, 1.807) is 12.1 Å². The third-order valence-corrected chi connectivity index (χ3v) is 2.85. The predicted molar refractivity (Wildman–Crippen MR) is 72.6 cm³/mol. The molecule has 0 atom stereocenters. The number of hydrogen-bond acceptors (Lipinski definition) is 4. The molecule has 0 saturated heterocycles. The van der Waals surface area contributed by atoms with Crippen molar-refractivity contribution in [3.05, 3.63) is 54.1 Å². The first-order valence-corrected chi connectivity index (χ1v) is 5.62. The lowest BCUT2D eigenvalue weighted by molar-refractivity contribution is 0.373. The van der Waals surface area contributed by atoms with Crippen molar-refractivity contribution in [1.82, 2.24) is 0 Å². The molecule has 0 aromatic heterocycles. The van der Waals surface area contributed by atoms with Crippen molar-refractivity contribution in [3.63, 3.8) is 0 Å². The molecule has 4 heteroatoms. The van der Waals surface area contributed by atoms with Crippen LogP contribution < -0.4 is 4.74 Å². The van der Waals surface area contributed by atoms with Gasteiger partial charge in [-0.05, 0) is 35.4 Å². The van der Waals surface area contributed by atoms with E-state index in [2.05, 4.69) is 6.58 Å². The zero-order valence-corrected chi connectivity index (χ0v) is 10.4. The Labute approximate surface area is 110 Å². The normalized spacial score (nSPS) is 10.2. The maximum Gasteiger partial charge on any atom is 0.160 e. The Bertz CT molecular complexity index is 612. The number of methoxy groups -OCH3 is 1. The fourth-order valence-electron chi connectivity index (χ4n) is 1.86. The van der Waals surface area contributed by atoms with Gasteiger partial charge in [0.15, 0.2) is 11.5 Å². The van der Waals surface area contributed by atoms with Crippen LogP contribution in [-0.4, -0.2) is 22.4 Å². The van der Waals surface area contributed by atoms with Crippen molar-refractivity contribution in [2.75, 3.05) is 7.11 Å². The lowest BCUT2D eigenvalue weighted by atomic mass is 9.97. The zero-order valence-electron chi connectivity index (χ0n) is 10.4. The molecule has 0 spiro atoms. The van der Waals surface area contributed by atoms with Gasteiger partial charge in [-0.2, -0.15) is 0 Å². The summed E-state index contributed by atoms with van der Waals surface area (Å²) < 4.78 is 4.95. The smallest absolute Gasteiger partial charge is 0.160 e. The average Bonchev–Trinajstić information content (AvgIpc) is 2.38. The van der Waals surface area contributed by atoms with Crippen LogP contribution in [0, 0.1) is 0 Å². The van der Waals surface area contributed by atoms with E-state index in [0.29, 0.717) is 16.9 Å². The number of phenolic OH excluding ortho intramolecular Hbond substituents is 3. The summed E-state index contributed by atoms with van der Waals surface area (Å²) in [4.78, 5) is 0. The summed E-state index contributed by atoms with van der Waals surface area (Å²) >= 11 is 0. The van der Waals surface area contributed by atoms with Crippen molar-refractivity contribution >= 4 is 5.57 Å². The molecule has 0 radical (unpaired) electrons. The second-order valence-electron chi connectivity index (χ2n) is 4.04. The molecule has 0 heterocycles. The first-order chi connectivity index (χ1) is 9.04. The van der Waals surface area contributed by atoms with Crippen LogP contribution in [0.2, 0.25) is 0 Å². The number of hydrogen-bond donors (Lipinski definition) is 3. The van der Waals surface area contributed by atoms with Crippen LogP contribution >= 0.6 is 0 Å². The van der Waals surface area contributed by atoms with Crippen molar-refractivity contribution in [2.24, 2.45) is 0 Å². The molecule has 0 unspecified atom stereocenters. The molecular weight excluding hydrogens is 244 g/mol. The van der Waals surface area contributed by atoms with Gasteiger partial charge in [0.2, 0.25) is 0 Å². The average molecular weight is 258 g/mol. The van der Waals surface area contributed by atoms with Crippen LogP contribution in [0.25, 0.3) is 5.57 Å². The second kappa shape index (κ2) is 4.94. The van der Waals surface area contributed by atoms with Crippen LogP contribution in [0.3, 0.4) is 0 Å². The Morgan fingerprint density at radius 2 is 1.63 bits per heavy atom. The lowest BCUT2D eigenvalue weighted by Crippen LogP contribution is -1.90. The van der Waals surface area contributed by atoms with Gasteiger partial charge in [0.25, 0.3) is 0 Å². The molecule has 2 aromatic carbocycles. The van der Waals surface area contributed by atoms with E-state index in [1.807, 2.05) is 0 Å². The van der Waals surface area contributed by atoms with E-state index in [9.17, 15) is 15.3 Å². The maximum absolute atomic E-state index is 9.79. The molecule has 19 heavy (non-hydrogen) atoms. The van der Waals surface area contributed by atoms with Crippen LogP contribution in [-0.2, 0) is 0 Å². The molecule has 0 bridgehead atoms. The molecule has 0 aliphatic heterocycles. The highest BCUT2D eigenvalue weighted by molar-refractivity contribution is 5.84. The molecule has 0 aliphatic carbocycles. The van der Waals surface area contributed by atoms with Gasteiger partial charge in [0.05, 0.1) is 12.7 Å². The molecule has 4 nitrogen and oxygen atoms in total. The van der Waals surface area contributed by atoms with Crippen molar-refractivity contribution < 1.29 is 20.1 Å². The minimum absolute atomic E-state index is 0.0314. The lowest BCUT2D eigenvalue weighted by Gasteiger charge is -2.12. The first kappa shape index (κ1) is 12.8. The minimum atomic E-state index is -0.0692. The minimum Gasteiger partial charge on any atom is -0.507 e. The highest BCUT2D eigenvalue weighted by atomic mass is 16.5. The van der Waals surface area contributed by atoms with Crippen molar-refractivity contribution in [3.8, 4) is 23.0 Å². The predicted octanol–water partition coefficient (Wildman–Crippen LogP) is 2.87. The second-order valence-corrected chi connectivity index (χ2v) is 4.04. The van der Waals surface area contributed by atoms with Gasteiger partial charge in [-0.3, -0.25) is 0 Å². The Morgan fingerprint density at radius 1 is 1.00 bits per heavy atom. The fraction of sp³-hybridized carbons (Fsp3) is 0.0667. The number of ether oxygens (including phenoxy) is 1. The summed E-state index contributed by atoms with van der Waals surface area (Å²) in [5.41, 5.74) is 1.23. The number of aromatic hydroxyl groups is 3. The van der Waals surface area contributed by atoms with Gasteiger partial charge in [-0.1, -0.05) is 18.7 Å². The van der Waals surface area contributed by atoms with Gasteiger partial charge in [-0.25, -0.2) is 0 Å². The Balaban J connectivity index is 2.48. The molecule has 2 rings (SSSR count). The third kappa shape index (κ3) is 2.33. The maximum atomic E-state index is 9.79. The third-order valence-electron chi connectivity index (χ3n) is 2.85. The molecule has 0 saturated carbocycles. The summed E-state index contributed by atoms with van der Waals surface area (Å²) in [6, 6.07) is 9.20. The molecule has 98 valence electrons. The van der Waals surface area contributed by atoms with Gasteiger partial charge in [0, 0.05) is 0 Å². The van der Waals surface area contributed by atoms with Crippen LogP contribution in [0.5, 0.6) is 23.0 Å². The Hall–Kier alpha value is -2.62. The van der Waals surface area contributed by atoms with Crippen molar-refractivity contribution in [2.45, 2.75) is 0 Å². The molecular formula is C15H14O4. The van der Waals surface area contributed by atoms with Gasteiger partial charge >= 0.3 is 0 Å². The number of rotatable bonds is 3. The van der Waals surface area contributed by atoms with Gasteiger partial charge in [0.1, 0.15) is 11.5 Å². The van der Waals surface area contributed by atoms with Crippen LogP contribution in [0.1, 0.15) is 11.1 Å². The van der Waals surface area contributed by atoms with Crippen molar-refractivity contribution in [1.29, 1.82) is 0 Å². The Kier molecular flexibility index (Phi) is 3.33. The highest BCUT2D eigenvalue weighted by Crippen LogP contribution is 2.38. The molecule has 3 N–H and O–H groups in total. The van der Waals surface area contributed by atoms with Gasteiger partial charge in [-0.15, -0.1) is 0 Å². The fourth-order valence-corrected chi connectivity index (χ4v) is 1.86. The van der Waals surface area contributed by atoms with E-state index >= 15 is 0 Å². The molecule has 0 fully saturated rings. The van der Waals surface area contributed by atoms with Crippen LogP contribution in [0.4, 0.5) is 0 Å².